The lowest BCUT2D eigenvalue weighted by atomic mass is 9.79. The number of fused-ring (bicyclic) bond motifs is 1. The Bertz CT molecular complexity index is 1090. The molecule has 1 atom stereocenters. The molecule has 2 aliphatic rings. The quantitative estimate of drug-likeness (QED) is 0.483. The molecule has 0 spiro atoms. The van der Waals surface area contributed by atoms with Gasteiger partial charge in [0.2, 0.25) is 0 Å². The molecule has 174 valence electrons. The molecular formula is C27H33N3O3. The van der Waals surface area contributed by atoms with Crippen LogP contribution in [0.15, 0.2) is 48.2 Å². The van der Waals surface area contributed by atoms with Crippen molar-refractivity contribution < 1.29 is 14.3 Å². The van der Waals surface area contributed by atoms with Crippen LogP contribution in [0.25, 0.3) is 6.08 Å². The number of hydrogen-bond donors (Lipinski definition) is 1. The van der Waals surface area contributed by atoms with E-state index in [9.17, 15) is 9.59 Å². The second-order valence-corrected chi connectivity index (χ2v) is 9.59. The van der Waals surface area contributed by atoms with Gasteiger partial charge in [-0.2, -0.15) is 0 Å². The highest BCUT2D eigenvalue weighted by Crippen LogP contribution is 2.46. The monoisotopic (exact) mass is 447 g/mol. The van der Waals surface area contributed by atoms with E-state index in [4.69, 9.17) is 4.74 Å². The van der Waals surface area contributed by atoms with Gasteiger partial charge in [-0.25, -0.2) is 4.79 Å². The van der Waals surface area contributed by atoms with Gasteiger partial charge in [0.25, 0.3) is 5.91 Å². The minimum Gasteiger partial charge on any atom is -0.496 e. The highest BCUT2D eigenvalue weighted by molar-refractivity contribution is 6.14. The maximum absolute atomic E-state index is 13.0. The first-order valence-corrected chi connectivity index (χ1v) is 11.6. The third-order valence-corrected chi connectivity index (χ3v) is 6.63. The number of benzene rings is 2. The Morgan fingerprint density at radius 2 is 1.91 bits per heavy atom. The van der Waals surface area contributed by atoms with Crippen LogP contribution in [-0.4, -0.2) is 36.0 Å². The lowest BCUT2D eigenvalue weighted by Gasteiger charge is -2.47. The van der Waals surface area contributed by atoms with Crippen molar-refractivity contribution in [2.75, 3.05) is 18.6 Å². The molecule has 2 aromatic rings. The molecular weight excluding hydrogens is 414 g/mol. The van der Waals surface area contributed by atoms with Gasteiger partial charge in [-0.15, -0.1) is 0 Å². The van der Waals surface area contributed by atoms with Crippen LogP contribution in [0.2, 0.25) is 0 Å². The van der Waals surface area contributed by atoms with Gasteiger partial charge in [-0.3, -0.25) is 9.69 Å². The number of methoxy groups -OCH3 is 1. The second kappa shape index (κ2) is 8.93. The van der Waals surface area contributed by atoms with Gasteiger partial charge in [-0.05, 0) is 55.9 Å². The van der Waals surface area contributed by atoms with Crippen LogP contribution >= 0.6 is 0 Å². The number of carbonyl (C=O) groups is 2. The Labute approximate surface area is 196 Å². The molecule has 1 saturated heterocycles. The molecule has 3 amide bonds. The molecule has 0 bridgehead atoms. The summed E-state index contributed by atoms with van der Waals surface area (Å²) in [6.07, 6.45) is 3.84. The standard InChI is InChI=1S/C27H33N3O3/c1-6-12-30-23-15-24(33-5)20(13-21(23)18(2)16-27(30,3)4)14-22-25(31)29(26(32)28-22)17-19-10-8-7-9-11-19/h7-11,13-15,18H,6,12,16-17H2,1-5H3,(H,28,32)/b22-14+. The fraction of sp³-hybridized carbons (Fsp3) is 0.407. The Morgan fingerprint density at radius 3 is 2.58 bits per heavy atom. The molecule has 1 fully saturated rings. The summed E-state index contributed by atoms with van der Waals surface area (Å²) >= 11 is 0. The van der Waals surface area contributed by atoms with E-state index in [1.807, 2.05) is 30.3 Å². The minimum atomic E-state index is -0.406. The first-order chi connectivity index (χ1) is 15.7. The number of rotatable bonds is 6. The molecule has 2 aromatic carbocycles. The predicted molar refractivity (Wildman–Crippen MR) is 131 cm³/mol. The molecule has 33 heavy (non-hydrogen) atoms. The van der Waals surface area contributed by atoms with E-state index < -0.39 is 6.03 Å². The number of nitrogens with one attached hydrogen (secondary N) is 1. The number of amides is 3. The normalized spacial score (nSPS) is 20.8. The van der Waals surface area contributed by atoms with E-state index in [1.165, 1.54) is 16.2 Å². The van der Waals surface area contributed by atoms with E-state index in [2.05, 4.69) is 50.0 Å². The zero-order valence-corrected chi connectivity index (χ0v) is 20.1. The van der Waals surface area contributed by atoms with Gasteiger partial charge in [0, 0.05) is 29.4 Å². The third kappa shape index (κ3) is 4.34. The zero-order chi connectivity index (χ0) is 23.8. The van der Waals surface area contributed by atoms with Gasteiger partial charge >= 0.3 is 6.03 Å². The van der Waals surface area contributed by atoms with Gasteiger partial charge in [0.05, 0.1) is 13.7 Å². The average molecular weight is 448 g/mol. The highest BCUT2D eigenvalue weighted by atomic mass is 16.5. The topological polar surface area (TPSA) is 61.9 Å². The van der Waals surface area contributed by atoms with E-state index >= 15 is 0 Å². The summed E-state index contributed by atoms with van der Waals surface area (Å²) in [5.41, 5.74) is 4.45. The molecule has 1 unspecified atom stereocenters. The first kappa shape index (κ1) is 22.9. The molecule has 2 heterocycles. The fourth-order valence-electron chi connectivity index (χ4n) is 5.10. The van der Waals surface area contributed by atoms with Crippen LogP contribution in [0.4, 0.5) is 10.5 Å². The van der Waals surface area contributed by atoms with E-state index in [-0.39, 0.29) is 23.7 Å². The molecule has 1 N–H and O–H groups in total. The highest BCUT2D eigenvalue weighted by Gasteiger charge is 2.37. The van der Waals surface area contributed by atoms with Crippen LogP contribution in [0.5, 0.6) is 5.75 Å². The van der Waals surface area contributed by atoms with Crippen LogP contribution in [0.1, 0.15) is 63.1 Å². The molecule has 4 rings (SSSR count). The summed E-state index contributed by atoms with van der Waals surface area (Å²) in [7, 11) is 1.64. The Hall–Kier alpha value is -3.28. The molecule has 6 heteroatoms. The number of nitrogens with zero attached hydrogens (tertiary/aromatic N) is 2. The summed E-state index contributed by atoms with van der Waals surface area (Å²) in [5.74, 6) is 0.732. The third-order valence-electron chi connectivity index (χ3n) is 6.63. The molecule has 0 saturated carbocycles. The Balaban J connectivity index is 1.69. The largest absolute Gasteiger partial charge is 0.496 e. The lowest BCUT2D eigenvalue weighted by Crippen LogP contribution is -2.48. The second-order valence-electron chi connectivity index (χ2n) is 9.59. The summed E-state index contributed by atoms with van der Waals surface area (Å²) < 4.78 is 5.73. The van der Waals surface area contributed by atoms with Crippen LogP contribution in [0.3, 0.4) is 0 Å². The molecule has 0 aromatic heterocycles. The van der Waals surface area contributed by atoms with E-state index in [0.29, 0.717) is 11.7 Å². The van der Waals surface area contributed by atoms with Crippen molar-refractivity contribution in [3.8, 4) is 5.75 Å². The van der Waals surface area contributed by atoms with Crippen LogP contribution in [0, 0.1) is 0 Å². The summed E-state index contributed by atoms with van der Waals surface area (Å²) in [6.45, 7) is 10.2. The zero-order valence-electron chi connectivity index (χ0n) is 20.1. The van der Waals surface area contributed by atoms with Gasteiger partial charge in [0.15, 0.2) is 0 Å². The maximum Gasteiger partial charge on any atom is 0.329 e. The number of imide groups is 1. The number of carbonyl (C=O) groups excluding carboxylic acids is 2. The summed E-state index contributed by atoms with van der Waals surface area (Å²) in [4.78, 5) is 29.3. The maximum atomic E-state index is 13.0. The number of anilines is 1. The number of ether oxygens (including phenoxy) is 1. The first-order valence-electron chi connectivity index (χ1n) is 11.6. The van der Waals surface area contributed by atoms with Crippen molar-refractivity contribution in [1.82, 2.24) is 10.2 Å². The fourth-order valence-corrected chi connectivity index (χ4v) is 5.10. The van der Waals surface area contributed by atoms with E-state index in [1.54, 1.807) is 13.2 Å². The van der Waals surface area contributed by atoms with Crippen molar-refractivity contribution in [3.63, 3.8) is 0 Å². The van der Waals surface area contributed by atoms with Crippen LogP contribution in [-0.2, 0) is 11.3 Å². The van der Waals surface area contributed by atoms with Crippen LogP contribution < -0.4 is 15.0 Å². The van der Waals surface area contributed by atoms with Crippen molar-refractivity contribution in [2.45, 2.75) is 58.5 Å². The van der Waals surface area contributed by atoms with Crippen molar-refractivity contribution >= 4 is 23.7 Å². The summed E-state index contributed by atoms with van der Waals surface area (Å²) in [6, 6.07) is 13.3. The Morgan fingerprint density at radius 1 is 1.18 bits per heavy atom. The minimum absolute atomic E-state index is 0.0563. The van der Waals surface area contributed by atoms with Crippen molar-refractivity contribution in [3.05, 3.63) is 64.9 Å². The van der Waals surface area contributed by atoms with Crippen molar-refractivity contribution in [1.29, 1.82) is 0 Å². The smallest absolute Gasteiger partial charge is 0.329 e. The molecule has 6 nitrogen and oxygen atoms in total. The number of urea groups is 1. The predicted octanol–water partition coefficient (Wildman–Crippen LogP) is 5.29. The Kier molecular flexibility index (Phi) is 6.19. The molecule has 0 aliphatic carbocycles. The average Bonchev–Trinajstić information content (AvgIpc) is 3.04. The lowest BCUT2D eigenvalue weighted by molar-refractivity contribution is -0.123. The van der Waals surface area contributed by atoms with Gasteiger partial charge < -0.3 is 15.0 Å². The molecule has 0 radical (unpaired) electrons. The van der Waals surface area contributed by atoms with Gasteiger partial charge in [-0.1, -0.05) is 44.2 Å². The van der Waals surface area contributed by atoms with Crippen molar-refractivity contribution in [2.24, 2.45) is 0 Å². The molecule has 2 aliphatic heterocycles. The SMILES string of the molecule is CCCN1c2cc(OC)c(/C=C3/NC(=O)N(Cc4ccccc4)C3=O)cc2C(C)CC1(C)C. The number of hydrogen-bond acceptors (Lipinski definition) is 4. The van der Waals surface area contributed by atoms with E-state index in [0.717, 1.165) is 30.5 Å². The van der Waals surface area contributed by atoms with Gasteiger partial charge in [0.1, 0.15) is 11.4 Å². The summed E-state index contributed by atoms with van der Waals surface area (Å²) in [5, 5.41) is 2.74.